The van der Waals surface area contributed by atoms with Gasteiger partial charge in [-0.05, 0) is 42.5 Å². The largest absolute Gasteiger partial charge is 0.347 e. The molecule has 1 aliphatic carbocycles. The van der Waals surface area contributed by atoms with Gasteiger partial charge in [-0.1, -0.05) is 45.2 Å². The monoisotopic (exact) mass is 336 g/mol. The van der Waals surface area contributed by atoms with Crippen LogP contribution in [0.4, 0.5) is 4.39 Å². The number of hydrogen-bond donors (Lipinski definition) is 0. The third kappa shape index (κ3) is 3.69. The molecule has 0 aliphatic heterocycles. The van der Waals surface area contributed by atoms with Crippen LogP contribution in [0.1, 0.15) is 69.2 Å². The standard InChI is InChI=1S/C22H25FN2/c1-16(2)22-20(9-6-14-24)21(17-10-12-18(23)13-11-17)15-25(22)19-7-4-3-5-8-19/h6,9-13,15-16,19H,3-5,7-8H2,1-2H3/b9-6+. The smallest absolute Gasteiger partial charge is 0.123 e. The molecule has 2 nitrogen and oxygen atoms in total. The van der Waals surface area contributed by atoms with Crippen molar-refractivity contribution in [1.29, 1.82) is 5.26 Å². The molecule has 2 aromatic rings. The highest BCUT2D eigenvalue weighted by molar-refractivity contribution is 5.78. The lowest BCUT2D eigenvalue weighted by molar-refractivity contribution is 0.345. The summed E-state index contributed by atoms with van der Waals surface area (Å²) in [7, 11) is 0. The Morgan fingerprint density at radius 3 is 2.44 bits per heavy atom. The molecule has 1 saturated carbocycles. The number of aromatic nitrogens is 1. The lowest BCUT2D eigenvalue weighted by atomic mass is 9.94. The summed E-state index contributed by atoms with van der Waals surface area (Å²) < 4.78 is 15.8. The second-order valence-electron chi connectivity index (χ2n) is 7.16. The van der Waals surface area contributed by atoms with Crippen molar-refractivity contribution in [1.82, 2.24) is 4.57 Å². The van der Waals surface area contributed by atoms with Gasteiger partial charge in [-0.15, -0.1) is 0 Å². The molecule has 1 heterocycles. The first-order valence-corrected chi connectivity index (χ1v) is 9.18. The van der Waals surface area contributed by atoms with Crippen LogP contribution < -0.4 is 0 Å². The Morgan fingerprint density at radius 1 is 1.16 bits per heavy atom. The van der Waals surface area contributed by atoms with Crippen LogP contribution in [0.3, 0.4) is 0 Å². The van der Waals surface area contributed by atoms with Gasteiger partial charge < -0.3 is 4.57 Å². The van der Waals surface area contributed by atoms with Gasteiger partial charge in [0.15, 0.2) is 0 Å². The molecule has 0 atom stereocenters. The lowest BCUT2D eigenvalue weighted by Crippen LogP contribution is -2.15. The number of nitriles is 1. The van der Waals surface area contributed by atoms with Gasteiger partial charge in [0, 0.05) is 35.1 Å². The van der Waals surface area contributed by atoms with E-state index in [0.717, 1.165) is 16.7 Å². The van der Waals surface area contributed by atoms with E-state index in [1.807, 2.05) is 18.2 Å². The number of hydrogen-bond acceptors (Lipinski definition) is 1. The second kappa shape index (κ2) is 7.70. The van der Waals surface area contributed by atoms with E-state index >= 15 is 0 Å². The minimum atomic E-state index is -0.228. The highest BCUT2D eigenvalue weighted by atomic mass is 19.1. The van der Waals surface area contributed by atoms with Gasteiger partial charge in [0.2, 0.25) is 0 Å². The highest BCUT2D eigenvalue weighted by Gasteiger charge is 2.24. The van der Waals surface area contributed by atoms with E-state index in [2.05, 4.69) is 30.7 Å². The van der Waals surface area contributed by atoms with Crippen molar-refractivity contribution in [3.8, 4) is 17.2 Å². The molecule has 1 fully saturated rings. The number of nitrogens with zero attached hydrogens (tertiary/aromatic N) is 2. The fraction of sp³-hybridized carbons (Fsp3) is 0.409. The van der Waals surface area contributed by atoms with Crippen LogP contribution in [-0.2, 0) is 0 Å². The SMILES string of the molecule is CC(C)c1c(/C=C/C#N)c(-c2ccc(F)cc2)cn1C1CCCCC1. The minimum Gasteiger partial charge on any atom is -0.347 e. The van der Waals surface area contributed by atoms with E-state index in [4.69, 9.17) is 5.26 Å². The molecule has 0 bridgehead atoms. The van der Waals surface area contributed by atoms with E-state index in [9.17, 15) is 4.39 Å². The van der Waals surface area contributed by atoms with Crippen molar-refractivity contribution in [2.45, 2.75) is 57.9 Å². The number of benzene rings is 1. The van der Waals surface area contributed by atoms with E-state index < -0.39 is 0 Å². The second-order valence-corrected chi connectivity index (χ2v) is 7.16. The number of halogens is 1. The van der Waals surface area contributed by atoms with Crippen molar-refractivity contribution in [3.63, 3.8) is 0 Å². The molecular weight excluding hydrogens is 311 g/mol. The summed E-state index contributed by atoms with van der Waals surface area (Å²) in [5.41, 5.74) is 4.45. The molecule has 130 valence electrons. The molecule has 0 N–H and O–H groups in total. The van der Waals surface area contributed by atoms with Crippen molar-refractivity contribution < 1.29 is 4.39 Å². The van der Waals surface area contributed by atoms with Crippen molar-refractivity contribution in [3.05, 3.63) is 53.6 Å². The summed E-state index contributed by atoms with van der Waals surface area (Å²) in [4.78, 5) is 0. The highest BCUT2D eigenvalue weighted by Crippen LogP contribution is 2.39. The molecule has 0 saturated heterocycles. The molecule has 0 radical (unpaired) electrons. The maximum atomic E-state index is 13.3. The van der Waals surface area contributed by atoms with Gasteiger partial charge in [-0.25, -0.2) is 4.39 Å². The summed E-state index contributed by atoms with van der Waals surface area (Å²) in [5, 5.41) is 9.02. The van der Waals surface area contributed by atoms with Crippen LogP contribution in [0, 0.1) is 17.1 Å². The normalized spacial score (nSPS) is 15.8. The topological polar surface area (TPSA) is 28.7 Å². The molecule has 0 unspecified atom stereocenters. The fourth-order valence-corrected chi connectivity index (χ4v) is 3.98. The van der Waals surface area contributed by atoms with E-state index in [1.54, 1.807) is 6.08 Å². The van der Waals surface area contributed by atoms with Gasteiger partial charge in [-0.3, -0.25) is 0 Å². The molecule has 1 aliphatic rings. The summed E-state index contributed by atoms with van der Waals surface area (Å²) >= 11 is 0. The summed E-state index contributed by atoms with van der Waals surface area (Å²) in [5.74, 6) is 0.128. The molecule has 1 aromatic carbocycles. The molecule has 0 amide bonds. The zero-order valence-electron chi connectivity index (χ0n) is 15.0. The van der Waals surface area contributed by atoms with Crippen LogP contribution in [0.15, 0.2) is 36.5 Å². The van der Waals surface area contributed by atoms with E-state index in [1.165, 1.54) is 49.9 Å². The Kier molecular flexibility index (Phi) is 5.38. The first-order chi connectivity index (χ1) is 12.1. The minimum absolute atomic E-state index is 0.228. The Bertz CT molecular complexity index is 785. The predicted octanol–water partition coefficient (Wildman–Crippen LogP) is 6.46. The van der Waals surface area contributed by atoms with Crippen LogP contribution in [0.2, 0.25) is 0 Å². The predicted molar refractivity (Wildman–Crippen MR) is 101 cm³/mol. The Balaban J connectivity index is 2.17. The quantitative estimate of drug-likeness (QED) is 0.589. The van der Waals surface area contributed by atoms with Gasteiger partial charge in [0.25, 0.3) is 0 Å². The average molecular weight is 336 g/mol. The van der Waals surface area contributed by atoms with Crippen molar-refractivity contribution in [2.24, 2.45) is 0 Å². The lowest BCUT2D eigenvalue weighted by Gasteiger charge is -2.27. The van der Waals surface area contributed by atoms with Gasteiger partial charge >= 0.3 is 0 Å². The third-order valence-electron chi connectivity index (χ3n) is 5.11. The maximum Gasteiger partial charge on any atom is 0.123 e. The fourth-order valence-electron chi connectivity index (χ4n) is 3.98. The molecular formula is C22H25FN2. The average Bonchev–Trinajstić information content (AvgIpc) is 3.01. The summed E-state index contributed by atoms with van der Waals surface area (Å²) in [6.45, 7) is 4.40. The van der Waals surface area contributed by atoms with Gasteiger partial charge in [-0.2, -0.15) is 5.26 Å². The van der Waals surface area contributed by atoms with Crippen LogP contribution in [0.25, 0.3) is 17.2 Å². The van der Waals surface area contributed by atoms with Crippen LogP contribution in [-0.4, -0.2) is 4.57 Å². The first-order valence-electron chi connectivity index (χ1n) is 9.18. The summed E-state index contributed by atoms with van der Waals surface area (Å²) in [6.07, 6.45) is 12.0. The van der Waals surface area contributed by atoms with Crippen molar-refractivity contribution in [2.75, 3.05) is 0 Å². The Morgan fingerprint density at radius 2 is 1.84 bits per heavy atom. The van der Waals surface area contributed by atoms with Gasteiger partial charge in [0.1, 0.15) is 5.82 Å². The Hall–Kier alpha value is -2.34. The van der Waals surface area contributed by atoms with Crippen LogP contribution in [0.5, 0.6) is 0 Å². The summed E-state index contributed by atoms with van der Waals surface area (Å²) in [6, 6.07) is 9.28. The maximum absolute atomic E-state index is 13.3. The molecule has 3 heteroatoms. The Labute approximate surface area is 149 Å². The zero-order valence-corrected chi connectivity index (χ0v) is 15.0. The molecule has 3 rings (SSSR count). The van der Waals surface area contributed by atoms with E-state index in [0.29, 0.717) is 12.0 Å². The number of allylic oxidation sites excluding steroid dienone is 1. The van der Waals surface area contributed by atoms with Crippen LogP contribution >= 0.6 is 0 Å². The third-order valence-corrected chi connectivity index (χ3v) is 5.11. The molecule has 1 aromatic heterocycles. The number of rotatable bonds is 4. The molecule has 0 spiro atoms. The first kappa shape index (κ1) is 17.5. The zero-order chi connectivity index (χ0) is 17.8. The molecule has 25 heavy (non-hydrogen) atoms. The van der Waals surface area contributed by atoms with E-state index in [-0.39, 0.29) is 5.82 Å². The van der Waals surface area contributed by atoms with Gasteiger partial charge in [0.05, 0.1) is 6.07 Å². The van der Waals surface area contributed by atoms with Crippen molar-refractivity contribution >= 4 is 6.08 Å².